The Morgan fingerprint density at radius 3 is 3.00 bits per heavy atom. The van der Waals surface area contributed by atoms with Crippen LogP contribution < -0.4 is 16.0 Å². The monoisotopic (exact) mass is 275 g/mol. The highest BCUT2D eigenvalue weighted by molar-refractivity contribution is 5.95. The molecule has 1 amide bonds. The summed E-state index contributed by atoms with van der Waals surface area (Å²) in [6, 6.07) is 4.03. The van der Waals surface area contributed by atoms with Crippen molar-refractivity contribution in [2.45, 2.75) is 32.2 Å². The molecule has 2 heterocycles. The van der Waals surface area contributed by atoms with Crippen LogP contribution in [0.1, 0.15) is 25.3 Å². The molecular formula is C15H21N3O2. The van der Waals surface area contributed by atoms with Crippen molar-refractivity contribution in [2.75, 3.05) is 29.1 Å². The first kappa shape index (κ1) is 13.2. The maximum Gasteiger partial charge on any atom is 0.224 e. The SMILES string of the molecule is CC1CCN(c2cc3c(cc2N)CCC(=O)N3)C1CO. The fourth-order valence-electron chi connectivity index (χ4n) is 3.27. The Bertz CT molecular complexity index is 544. The molecule has 2 unspecified atom stereocenters. The fourth-order valence-corrected chi connectivity index (χ4v) is 3.27. The number of hydrogen-bond donors (Lipinski definition) is 3. The van der Waals surface area contributed by atoms with E-state index in [0.29, 0.717) is 12.3 Å². The molecule has 2 atom stereocenters. The van der Waals surface area contributed by atoms with Gasteiger partial charge < -0.3 is 21.1 Å². The molecule has 20 heavy (non-hydrogen) atoms. The molecule has 4 N–H and O–H groups in total. The van der Waals surface area contributed by atoms with Gasteiger partial charge in [-0.3, -0.25) is 4.79 Å². The summed E-state index contributed by atoms with van der Waals surface area (Å²) in [6.07, 6.45) is 2.31. The van der Waals surface area contributed by atoms with Crippen molar-refractivity contribution in [3.63, 3.8) is 0 Å². The van der Waals surface area contributed by atoms with Gasteiger partial charge in [0.2, 0.25) is 5.91 Å². The van der Waals surface area contributed by atoms with Gasteiger partial charge in [-0.05, 0) is 36.5 Å². The van der Waals surface area contributed by atoms with Crippen molar-refractivity contribution in [3.05, 3.63) is 17.7 Å². The molecule has 0 bridgehead atoms. The van der Waals surface area contributed by atoms with Gasteiger partial charge in [0.1, 0.15) is 0 Å². The summed E-state index contributed by atoms with van der Waals surface area (Å²) in [6.45, 7) is 3.17. The lowest BCUT2D eigenvalue weighted by atomic mass is 10.00. The van der Waals surface area contributed by atoms with Gasteiger partial charge in [-0.2, -0.15) is 0 Å². The molecule has 1 aromatic carbocycles. The van der Waals surface area contributed by atoms with Crippen LogP contribution in [-0.4, -0.2) is 30.2 Å². The average Bonchev–Trinajstić information content (AvgIpc) is 2.79. The molecule has 5 heteroatoms. The number of nitrogens with one attached hydrogen (secondary N) is 1. The van der Waals surface area contributed by atoms with Gasteiger partial charge in [-0.25, -0.2) is 0 Å². The zero-order chi connectivity index (χ0) is 14.3. The van der Waals surface area contributed by atoms with E-state index in [9.17, 15) is 9.90 Å². The zero-order valence-electron chi connectivity index (χ0n) is 11.7. The van der Waals surface area contributed by atoms with E-state index in [-0.39, 0.29) is 18.6 Å². The third kappa shape index (κ3) is 2.12. The summed E-state index contributed by atoms with van der Waals surface area (Å²) < 4.78 is 0. The second-order valence-electron chi connectivity index (χ2n) is 5.83. The van der Waals surface area contributed by atoms with Crippen LogP contribution in [0.2, 0.25) is 0 Å². The van der Waals surface area contributed by atoms with Crippen molar-refractivity contribution < 1.29 is 9.90 Å². The largest absolute Gasteiger partial charge is 0.397 e. The van der Waals surface area contributed by atoms with E-state index in [1.54, 1.807) is 0 Å². The Hall–Kier alpha value is -1.75. The fraction of sp³-hybridized carbons (Fsp3) is 0.533. The third-order valence-corrected chi connectivity index (χ3v) is 4.53. The van der Waals surface area contributed by atoms with Crippen LogP contribution in [0.5, 0.6) is 0 Å². The van der Waals surface area contributed by atoms with Gasteiger partial charge >= 0.3 is 0 Å². The number of fused-ring (bicyclic) bond motifs is 1. The number of benzene rings is 1. The zero-order valence-corrected chi connectivity index (χ0v) is 11.7. The molecule has 0 radical (unpaired) electrons. The quantitative estimate of drug-likeness (QED) is 0.712. The second-order valence-corrected chi connectivity index (χ2v) is 5.83. The van der Waals surface area contributed by atoms with E-state index in [4.69, 9.17) is 5.73 Å². The van der Waals surface area contributed by atoms with Gasteiger partial charge in [-0.1, -0.05) is 6.92 Å². The number of nitrogens with zero attached hydrogens (tertiary/aromatic N) is 1. The van der Waals surface area contributed by atoms with E-state index in [1.807, 2.05) is 12.1 Å². The molecule has 0 aliphatic carbocycles. The van der Waals surface area contributed by atoms with Gasteiger partial charge in [0.25, 0.3) is 0 Å². The summed E-state index contributed by atoms with van der Waals surface area (Å²) in [5, 5.41) is 12.5. The summed E-state index contributed by atoms with van der Waals surface area (Å²) in [4.78, 5) is 13.7. The maximum atomic E-state index is 11.5. The number of aliphatic hydroxyl groups is 1. The summed E-state index contributed by atoms with van der Waals surface area (Å²) in [7, 11) is 0. The molecular weight excluding hydrogens is 254 g/mol. The lowest BCUT2D eigenvalue weighted by Gasteiger charge is -2.30. The van der Waals surface area contributed by atoms with Crippen molar-refractivity contribution in [1.82, 2.24) is 0 Å². The van der Waals surface area contributed by atoms with Crippen LogP contribution >= 0.6 is 0 Å². The van der Waals surface area contributed by atoms with Crippen molar-refractivity contribution >= 4 is 23.0 Å². The van der Waals surface area contributed by atoms with E-state index >= 15 is 0 Å². The molecule has 2 aliphatic rings. The first-order valence-electron chi connectivity index (χ1n) is 7.20. The molecule has 0 spiro atoms. The van der Waals surface area contributed by atoms with Crippen LogP contribution in [-0.2, 0) is 11.2 Å². The number of carbonyl (C=O) groups excluding carboxylic acids is 1. The molecule has 1 aromatic rings. The Morgan fingerprint density at radius 1 is 1.45 bits per heavy atom. The van der Waals surface area contributed by atoms with Gasteiger partial charge in [-0.15, -0.1) is 0 Å². The highest BCUT2D eigenvalue weighted by atomic mass is 16.3. The normalized spacial score (nSPS) is 25.5. The van der Waals surface area contributed by atoms with Crippen LogP contribution in [0.4, 0.5) is 17.1 Å². The maximum absolute atomic E-state index is 11.5. The van der Waals surface area contributed by atoms with Gasteiger partial charge in [0.05, 0.1) is 24.0 Å². The van der Waals surface area contributed by atoms with Crippen LogP contribution in [0, 0.1) is 5.92 Å². The van der Waals surface area contributed by atoms with E-state index < -0.39 is 0 Å². The highest BCUT2D eigenvalue weighted by Gasteiger charge is 2.32. The van der Waals surface area contributed by atoms with E-state index in [1.165, 1.54) is 0 Å². The number of anilines is 3. The van der Waals surface area contributed by atoms with Crippen LogP contribution in [0.3, 0.4) is 0 Å². The minimum Gasteiger partial charge on any atom is -0.397 e. The number of amides is 1. The Labute approximate surface area is 118 Å². The second kappa shape index (κ2) is 4.98. The van der Waals surface area contributed by atoms with Gasteiger partial charge in [0.15, 0.2) is 0 Å². The molecule has 1 saturated heterocycles. The molecule has 1 fully saturated rings. The Balaban J connectivity index is 1.97. The average molecular weight is 275 g/mol. The molecule has 2 aliphatic heterocycles. The number of aliphatic hydroxyl groups excluding tert-OH is 1. The standard InChI is InChI=1S/C15H21N3O2/c1-9-4-5-18(14(9)8-19)13-7-12-10(6-11(13)16)2-3-15(20)17-12/h6-7,9,14,19H,2-5,8,16H2,1H3,(H,17,20). The molecule has 0 saturated carbocycles. The molecule has 5 nitrogen and oxygen atoms in total. The number of carbonyl (C=O) groups is 1. The van der Waals surface area contributed by atoms with Crippen LogP contribution in [0.25, 0.3) is 0 Å². The van der Waals surface area contributed by atoms with Crippen LogP contribution in [0.15, 0.2) is 12.1 Å². The number of rotatable bonds is 2. The first-order valence-corrected chi connectivity index (χ1v) is 7.20. The number of aryl methyl sites for hydroxylation is 1. The summed E-state index contributed by atoms with van der Waals surface area (Å²) in [5.74, 6) is 0.506. The minimum atomic E-state index is 0.0571. The van der Waals surface area contributed by atoms with Crippen molar-refractivity contribution in [2.24, 2.45) is 5.92 Å². The summed E-state index contributed by atoms with van der Waals surface area (Å²) in [5.41, 5.74) is 9.80. The van der Waals surface area contributed by atoms with Gasteiger partial charge in [0, 0.05) is 18.7 Å². The smallest absolute Gasteiger partial charge is 0.224 e. The lowest BCUT2D eigenvalue weighted by Crippen LogP contribution is -2.35. The highest BCUT2D eigenvalue weighted by Crippen LogP contribution is 2.37. The third-order valence-electron chi connectivity index (χ3n) is 4.53. The number of nitrogen functional groups attached to an aromatic ring is 1. The molecule has 3 rings (SSSR count). The molecule has 0 aromatic heterocycles. The minimum absolute atomic E-state index is 0.0571. The number of hydrogen-bond acceptors (Lipinski definition) is 4. The van der Waals surface area contributed by atoms with E-state index in [0.717, 1.165) is 42.0 Å². The van der Waals surface area contributed by atoms with Crippen molar-refractivity contribution in [3.8, 4) is 0 Å². The van der Waals surface area contributed by atoms with E-state index in [2.05, 4.69) is 17.1 Å². The first-order chi connectivity index (χ1) is 9.60. The predicted molar refractivity (Wildman–Crippen MR) is 79.8 cm³/mol. The topological polar surface area (TPSA) is 78.6 Å². The molecule has 108 valence electrons. The Morgan fingerprint density at radius 2 is 2.25 bits per heavy atom. The van der Waals surface area contributed by atoms with Crippen molar-refractivity contribution in [1.29, 1.82) is 0 Å². The summed E-state index contributed by atoms with van der Waals surface area (Å²) >= 11 is 0. The number of nitrogens with two attached hydrogens (primary N) is 1. The lowest BCUT2D eigenvalue weighted by molar-refractivity contribution is -0.116. The Kier molecular flexibility index (Phi) is 3.30. The predicted octanol–water partition coefficient (Wildman–Crippen LogP) is 1.36.